The largest absolute Gasteiger partial charge is 0.310 e. The van der Waals surface area contributed by atoms with Gasteiger partial charge in [-0.3, -0.25) is 5.43 Å². The molecule has 59 heavy (non-hydrogen) atoms. The molecule has 0 saturated carbocycles. The molecule has 10 rings (SSSR count). The predicted octanol–water partition coefficient (Wildman–Crippen LogP) is 14.8. The van der Waals surface area contributed by atoms with Gasteiger partial charge in [0.05, 0.1) is 11.4 Å². The summed E-state index contributed by atoms with van der Waals surface area (Å²) >= 11 is 0. The van der Waals surface area contributed by atoms with Gasteiger partial charge < -0.3 is 4.90 Å². The topological polar surface area (TPSA) is 27.6 Å². The van der Waals surface area contributed by atoms with Gasteiger partial charge in [0.1, 0.15) is 0 Å². The molecule has 3 nitrogen and oxygen atoms in total. The van der Waals surface area contributed by atoms with E-state index >= 15 is 0 Å². The highest BCUT2D eigenvalue weighted by atomic mass is 15.3. The molecule has 0 heterocycles. The molecule has 0 saturated heterocycles. The van der Waals surface area contributed by atoms with E-state index in [1.165, 1.54) is 38.9 Å². The predicted molar refractivity (Wildman–Crippen MR) is 249 cm³/mol. The van der Waals surface area contributed by atoms with E-state index in [2.05, 4.69) is 230 Å². The van der Waals surface area contributed by atoms with Crippen molar-refractivity contribution >= 4 is 39.2 Å². The second-order valence-corrected chi connectivity index (χ2v) is 15.7. The summed E-state index contributed by atoms with van der Waals surface area (Å²) in [5, 5.41) is 7.28. The van der Waals surface area contributed by atoms with E-state index < -0.39 is 0 Å². The highest BCUT2D eigenvalue weighted by molar-refractivity contribution is 6.13. The van der Waals surface area contributed by atoms with Crippen LogP contribution in [0.5, 0.6) is 0 Å². The summed E-state index contributed by atoms with van der Waals surface area (Å²) in [6.07, 6.45) is 0. The lowest BCUT2D eigenvalue weighted by molar-refractivity contribution is 0.660. The van der Waals surface area contributed by atoms with Gasteiger partial charge in [-0.1, -0.05) is 190 Å². The van der Waals surface area contributed by atoms with E-state index in [1.54, 1.807) is 0 Å². The molecule has 0 bridgehead atoms. The van der Waals surface area contributed by atoms with Crippen LogP contribution in [-0.4, -0.2) is 5.71 Å². The van der Waals surface area contributed by atoms with Gasteiger partial charge in [0, 0.05) is 39.0 Å². The maximum absolute atomic E-state index is 5.00. The monoisotopic (exact) mass is 757 g/mol. The molecular weight excluding hydrogens is 715 g/mol. The van der Waals surface area contributed by atoms with Crippen molar-refractivity contribution in [3.63, 3.8) is 0 Å². The number of nitrogens with zero attached hydrogens (tertiary/aromatic N) is 2. The van der Waals surface area contributed by atoms with Crippen LogP contribution in [0.25, 0.3) is 44.2 Å². The molecular formula is C56H43N3. The van der Waals surface area contributed by atoms with Crippen molar-refractivity contribution in [2.75, 3.05) is 10.3 Å². The highest BCUT2D eigenvalue weighted by Gasteiger charge is 2.35. The number of nitrogens with one attached hydrogen (secondary N) is 1. The number of hydrazone groups is 1. The number of hydrogen-bond acceptors (Lipinski definition) is 3. The van der Waals surface area contributed by atoms with Crippen molar-refractivity contribution in [3.05, 3.63) is 241 Å². The molecule has 0 fully saturated rings. The third kappa shape index (κ3) is 6.67. The van der Waals surface area contributed by atoms with E-state index in [4.69, 9.17) is 5.10 Å². The minimum Gasteiger partial charge on any atom is -0.310 e. The van der Waals surface area contributed by atoms with Crippen LogP contribution in [0.15, 0.2) is 223 Å². The van der Waals surface area contributed by atoms with E-state index in [0.717, 1.165) is 55.9 Å². The van der Waals surface area contributed by atoms with Gasteiger partial charge in [-0.25, -0.2) is 0 Å². The molecule has 1 aliphatic rings. The Morgan fingerprint density at radius 2 is 0.898 bits per heavy atom. The normalized spacial score (nSPS) is 12.4. The SMILES string of the molecule is CC1(C)c2ccccc2-c2ccc(N(c3ccc(-c4ccccc4)cc3)c3ccc(-c4ccc(NN=C(c5ccccc5)c5ccccc5)c5ccccc45)cc3)cc21. The van der Waals surface area contributed by atoms with E-state index in [-0.39, 0.29) is 5.41 Å². The number of hydrogen-bond donors (Lipinski definition) is 1. The molecule has 0 aromatic heterocycles. The highest BCUT2D eigenvalue weighted by Crippen LogP contribution is 2.50. The molecule has 0 amide bonds. The molecule has 0 radical (unpaired) electrons. The Kier molecular flexibility index (Phi) is 9.19. The first-order valence-electron chi connectivity index (χ1n) is 20.3. The molecule has 1 aliphatic carbocycles. The summed E-state index contributed by atoms with van der Waals surface area (Å²) in [5.41, 5.74) is 20.8. The Morgan fingerprint density at radius 3 is 1.56 bits per heavy atom. The quantitative estimate of drug-likeness (QED) is 0.117. The maximum Gasteiger partial charge on any atom is 0.0977 e. The average molecular weight is 758 g/mol. The molecule has 1 N–H and O–H groups in total. The summed E-state index contributed by atoms with van der Waals surface area (Å²) < 4.78 is 0. The Balaban J connectivity index is 1.02. The molecule has 0 aliphatic heterocycles. The van der Waals surface area contributed by atoms with Gasteiger partial charge in [0.2, 0.25) is 0 Å². The number of fused-ring (bicyclic) bond motifs is 4. The summed E-state index contributed by atoms with van der Waals surface area (Å²) in [6, 6.07) is 78.0. The number of benzene rings is 9. The maximum atomic E-state index is 5.00. The van der Waals surface area contributed by atoms with Crippen molar-refractivity contribution in [3.8, 4) is 33.4 Å². The zero-order chi connectivity index (χ0) is 39.8. The second kappa shape index (κ2) is 15.1. The van der Waals surface area contributed by atoms with Crippen LogP contribution < -0.4 is 10.3 Å². The van der Waals surface area contributed by atoms with Crippen LogP contribution in [0.1, 0.15) is 36.1 Å². The van der Waals surface area contributed by atoms with Crippen LogP contribution in [0.2, 0.25) is 0 Å². The molecule has 9 aromatic carbocycles. The Morgan fingerprint density at radius 1 is 0.407 bits per heavy atom. The second-order valence-electron chi connectivity index (χ2n) is 15.7. The molecule has 282 valence electrons. The van der Waals surface area contributed by atoms with Crippen molar-refractivity contribution < 1.29 is 0 Å². The van der Waals surface area contributed by atoms with Crippen molar-refractivity contribution in [1.82, 2.24) is 0 Å². The molecule has 0 spiro atoms. The van der Waals surface area contributed by atoms with E-state index in [1.807, 2.05) is 12.1 Å². The first-order valence-corrected chi connectivity index (χ1v) is 20.3. The first kappa shape index (κ1) is 35.9. The standard InChI is InChI=1S/C56H43N3/c1-56(2)52-25-15-14-23-49(52)50-35-34-46(38-53(50)56)59(44-30-26-40(27-31-44)39-16-6-3-7-17-39)45-32-28-41(29-33-45)47-36-37-54(51-24-13-12-22-48(47)51)57-58-55(42-18-8-4-9-19-42)43-20-10-5-11-21-43/h3-38,57H,1-2H3. The lowest BCUT2D eigenvalue weighted by atomic mass is 9.82. The molecule has 0 unspecified atom stereocenters. The first-order chi connectivity index (χ1) is 29.0. The van der Waals surface area contributed by atoms with Crippen LogP contribution >= 0.6 is 0 Å². The van der Waals surface area contributed by atoms with Crippen molar-refractivity contribution in [1.29, 1.82) is 0 Å². The Labute approximate surface area is 346 Å². The zero-order valence-corrected chi connectivity index (χ0v) is 33.2. The van der Waals surface area contributed by atoms with Crippen LogP contribution in [0.3, 0.4) is 0 Å². The van der Waals surface area contributed by atoms with Crippen molar-refractivity contribution in [2.45, 2.75) is 19.3 Å². The summed E-state index contributed by atoms with van der Waals surface area (Å²) in [5.74, 6) is 0. The fourth-order valence-corrected chi connectivity index (χ4v) is 8.75. The minimum atomic E-state index is -0.104. The average Bonchev–Trinajstić information content (AvgIpc) is 3.53. The van der Waals surface area contributed by atoms with Crippen LogP contribution in [0, 0.1) is 0 Å². The van der Waals surface area contributed by atoms with Crippen LogP contribution in [-0.2, 0) is 5.41 Å². The molecule has 0 atom stereocenters. The van der Waals surface area contributed by atoms with Gasteiger partial charge in [-0.05, 0) is 92.4 Å². The van der Waals surface area contributed by atoms with Gasteiger partial charge in [0.15, 0.2) is 0 Å². The number of rotatable bonds is 9. The summed E-state index contributed by atoms with van der Waals surface area (Å²) in [4.78, 5) is 2.39. The van der Waals surface area contributed by atoms with E-state index in [9.17, 15) is 0 Å². The van der Waals surface area contributed by atoms with Gasteiger partial charge in [-0.15, -0.1) is 0 Å². The minimum absolute atomic E-state index is 0.104. The summed E-state index contributed by atoms with van der Waals surface area (Å²) in [6.45, 7) is 4.69. The van der Waals surface area contributed by atoms with Gasteiger partial charge in [0.25, 0.3) is 0 Å². The summed E-state index contributed by atoms with van der Waals surface area (Å²) in [7, 11) is 0. The van der Waals surface area contributed by atoms with Crippen molar-refractivity contribution in [2.24, 2.45) is 5.10 Å². The number of anilines is 4. The lowest BCUT2D eigenvalue weighted by Gasteiger charge is -2.28. The van der Waals surface area contributed by atoms with E-state index in [0.29, 0.717) is 0 Å². The van der Waals surface area contributed by atoms with Crippen LogP contribution in [0.4, 0.5) is 22.7 Å². The Hall–Kier alpha value is -7.49. The molecule has 3 heteroatoms. The smallest absolute Gasteiger partial charge is 0.0977 e. The molecule has 9 aromatic rings. The fourth-order valence-electron chi connectivity index (χ4n) is 8.75. The third-order valence-corrected chi connectivity index (χ3v) is 11.8. The van der Waals surface area contributed by atoms with Gasteiger partial charge in [-0.2, -0.15) is 5.10 Å². The Bertz CT molecular complexity index is 2910. The third-order valence-electron chi connectivity index (χ3n) is 11.8. The lowest BCUT2D eigenvalue weighted by Crippen LogP contribution is -2.16. The van der Waals surface area contributed by atoms with Gasteiger partial charge >= 0.3 is 0 Å². The fraction of sp³-hybridized carbons (Fsp3) is 0.0536. The zero-order valence-electron chi connectivity index (χ0n) is 33.2.